The standard InChI is InChI=1S/C14H9BrClF2I/c15-11-3-2-9(19)7-10(11)12(16)5-8-1-4-13(17)14(18)6-8/h1-4,6-7,12H,5H2. The summed E-state index contributed by atoms with van der Waals surface area (Å²) in [5, 5.41) is -0.297. The second-order valence-corrected chi connectivity index (χ2v) is 6.71. The zero-order valence-electron chi connectivity index (χ0n) is 9.64. The number of hydrogen-bond acceptors (Lipinski definition) is 0. The first-order valence-electron chi connectivity index (χ1n) is 5.50. The van der Waals surface area contributed by atoms with Crippen molar-refractivity contribution in [2.45, 2.75) is 11.8 Å². The molecule has 0 heterocycles. The van der Waals surface area contributed by atoms with Gasteiger partial charge in [-0.1, -0.05) is 22.0 Å². The number of halogens is 5. The lowest BCUT2D eigenvalue weighted by Crippen LogP contribution is -1.99. The fraction of sp³-hybridized carbons (Fsp3) is 0.143. The van der Waals surface area contributed by atoms with Crippen molar-refractivity contribution < 1.29 is 8.78 Å². The molecule has 0 spiro atoms. The lowest BCUT2D eigenvalue weighted by Gasteiger charge is -2.12. The molecule has 100 valence electrons. The molecule has 0 aliphatic carbocycles. The van der Waals surface area contributed by atoms with Gasteiger partial charge in [0.2, 0.25) is 0 Å². The topological polar surface area (TPSA) is 0 Å². The molecule has 0 N–H and O–H groups in total. The molecule has 0 fully saturated rings. The van der Waals surface area contributed by atoms with Crippen LogP contribution < -0.4 is 0 Å². The van der Waals surface area contributed by atoms with Gasteiger partial charge in [-0.15, -0.1) is 11.6 Å². The van der Waals surface area contributed by atoms with Crippen LogP contribution in [-0.4, -0.2) is 0 Å². The van der Waals surface area contributed by atoms with E-state index < -0.39 is 11.6 Å². The Morgan fingerprint density at radius 1 is 1.11 bits per heavy atom. The van der Waals surface area contributed by atoms with Gasteiger partial charge >= 0.3 is 0 Å². The molecule has 0 nitrogen and oxygen atoms in total. The van der Waals surface area contributed by atoms with Crippen LogP contribution >= 0.6 is 50.1 Å². The first-order chi connectivity index (χ1) is 8.97. The van der Waals surface area contributed by atoms with Crippen molar-refractivity contribution in [1.82, 2.24) is 0 Å². The molecule has 1 atom stereocenters. The molecule has 2 aromatic rings. The molecule has 5 heteroatoms. The number of rotatable bonds is 3. The minimum atomic E-state index is -0.844. The van der Waals surface area contributed by atoms with Gasteiger partial charge < -0.3 is 0 Å². The third kappa shape index (κ3) is 3.89. The van der Waals surface area contributed by atoms with Crippen LogP contribution in [0.5, 0.6) is 0 Å². The molecule has 0 saturated carbocycles. The fourth-order valence-corrected chi connectivity index (χ4v) is 3.27. The minimum absolute atomic E-state index is 0.297. The molecule has 0 aliphatic rings. The van der Waals surface area contributed by atoms with E-state index in [4.69, 9.17) is 11.6 Å². The van der Waals surface area contributed by atoms with Gasteiger partial charge in [0.25, 0.3) is 0 Å². The number of alkyl halides is 1. The molecule has 0 saturated heterocycles. The predicted molar refractivity (Wildman–Crippen MR) is 85.5 cm³/mol. The van der Waals surface area contributed by atoms with E-state index in [9.17, 15) is 8.78 Å². The van der Waals surface area contributed by atoms with Gasteiger partial charge in [0.05, 0.1) is 5.38 Å². The Hall–Kier alpha value is -0.200. The van der Waals surface area contributed by atoms with E-state index in [0.717, 1.165) is 19.7 Å². The van der Waals surface area contributed by atoms with Crippen LogP contribution in [0.2, 0.25) is 0 Å². The molecule has 0 bridgehead atoms. The largest absolute Gasteiger partial charge is 0.204 e. The van der Waals surface area contributed by atoms with Gasteiger partial charge in [-0.2, -0.15) is 0 Å². The van der Waals surface area contributed by atoms with Gasteiger partial charge in [0.1, 0.15) is 0 Å². The van der Waals surface area contributed by atoms with E-state index in [1.807, 2.05) is 18.2 Å². The van der Waals surface area contributed by atoms with Crippen molar-refractivity contribution in [2.24, 2.45) is 0 Å². The Labute approximate surface area is 137 Å². The van der Waals surface area contributed by atoms with E-state index in [2.05, 4.69) is 38.5 Å². The summed E-state index contributed by atoms with van der Waals surface area (Å²) in [4.78, 5) is 0. The molecular formula is C14H9BrClF2I. The van der Waals surface area contributed by atoms with E-state index in [-0.39, 0.29) is 5.38 Å². The van der Waals surface area contributed by atoms with Crippen LogP contribution in [0, 0.1) is 15.2 Å². The monoisotopic (exact) mass is 456 g/mol. The maximum atomic E-state index is 13.1. The van der Waals surface area contributed by atoms with Crippen LogP contribution in [0.4, 0.5) is 8.78 Å². The van der Waals surface area contributed by atoms with Crippen molar-refractivity contribution in [3.05, 3.63) is 67.2 Å². The summed E-state index contributed by atoms with van der Waals surface area (Å²) in [5.41, 5.74) is 1.61. The van der Waals surface area contributed by atoms with Crippen LogP contribution in [0.3, 0.4) is 0 Å². The molecular weight excluding hydrogens is 448 g/mol. The van der Waals surface area contributed by atoms with Crippen LogP contribution in [0.15, 0.2) is 40.9 Å². The molecule has 2 aromatic carbocycles. The summed E-state index contributed by atoms with van der Waals surface area (Å²) in [6, 6.07) is 9.73. The molecule has 1 unspecified atom stereocenters. The Morgan fingerprint density at radius 2 is 1.84 bits per heavy atom. The summed E-state index contributed by atoms with van der Waals surface area (Å²) in [6.07, 6.45) is 0.442. The number of benzene rings is 2. The van der Waals surface area contributed by atoms with E-state index in [1.54, 1.807) is 6.07 Å². The highest BCUT2D eigenvalue weighted by Crippen LogP contribution is 2.32. The van der Waals surface area contributed by atoms with E-state index in [1.165, 1.54) is 6.07 Å². The first kappa shape index (κ1) is 15.2. The van der Waals surface area contributed by atoms with Crippen molar-refractivity contribution in [2.75, 3.05) is 0 Å². The molecule has 0 radical (unpaired) electrons. The van der Waals surface area contributed by atoms with Crippen LogP contribution in [-0.2, 0) is 6.42 Å². The summed E-state index contributed by atoms with van der Waals surface area (Å²) in [7, 11) is 0. The van der Waals surface area contributed by atoms with E-state index >= 15 is 0 Å². The predicted octanol–water partition coefficient (Wildman–Crippen LogP) is 5.85. The van der Waals surface area contributed by atoms with Crippen LogP contribution in [0.25, 0.3) is 0 Å². The molecule has 0 aromatic heterocycles. The van der Waals surface area contributed by atoms with Crippen LogP contribution in [0.1, 0.15) is 16.5 Å². The fourth-order valence-electron chi connectivity index (χ4n) is 1.74. The lowest BCUT2D eigenvalue weighted by molar-refractivity contribution is 0.507. The average Bonchev–Trinajstić information content (AvgIpc) is 2.36. The van der Waals surface area contributed by atoms with Crippen molar-refractivity contribution in [3.8, 4) is 0 Å². The Bertz CT molecular complexity index is 604. The minimum Gasteiger partial charge on any atom is -0.204 e. The summed E-state index contributed by atoms with van der Waals surface area (Å²) < 4.78 is 28.0. The van der Waals surface area contributed by atoms with Gasteiger partial charge in [0.15, 0.2) is 11.6 Å². The highest BCUT2D eigenvalue weighted by molar-refractivity contribution is 14.1. The first-order valence-corrected chi connectivity index (χ1v) is 7.81. The van der Waals surface area contributed by atoms with Crippen molar-refractivity contribution in [3.63, 3.8) is 0 Å². The lowest BCUT2D eigenvalue weighted by atomic mass is 10.0. The molecule has 19 heavy (non-hydrogen) atoms. The quantitative estimate of drug-likeness (QED) is 0.400. The third-order valence-electron chi connectivity index (χ3n) is 2.69. The Morgan fingerprint density at radius 3 is 2.53 bits per heavy atom. The average molecular weight is 457 g/mol. The number of hydrogen-bond donors (Lipinski definition) is 0. The molecule has 0 amide bonds. The normalized spacial score (nSPS) is 12.5. The zero-order chi connectivity index (χ0) is 14.0. The highest BCUT2D eigenvalue weighted by Gasteiger charge is 2.14. The van der Waals surface area contributed by atoms with Gasteiger partial charge in [-0.25, -0.2) is 8.78 Å². The smallest absolute Gasteiger partial charge is 0.159 e. The second-order valence-electron chi connectivity index (χ2n) is 4.09. The van der Waals surface area contributed by atoms with Crippen molar-refractivity contribution in [1.29, 1.82) is 0 Å². The summed E-state index contributed by atoms with van der Waals surface area (Å²) in [5.74, 6) is -1.69. The van der Waals surface area contributed by atoms with Gasteiger partial charge in [-0.3, -0.25) is 0 Å². The van der Waals surface area contributed by atoms with Gasteiger partial charge in [-0.05, 0) is 70.5 Å². The highest BCUT2D eigenvalue weighted by atomic mass is 127. The summed E-state index contributed by atoms with van der Waals surface area (Å²) in [6.45, 7) is 0. The maximum Gasteiger partial charge on any atom is 0.159 e. The summed E-state index contributed by atoms with van der Waals surface area (Å²) >= 11 is 12.0. The second kappa shape index (κ2) is 6.50. The third-order valence-corrected chi connectivity index (χ3v) is 4.48. The Kier molecular flexibility index (Phi) is 5.20. The van der Waals surface area contributed by atoms with Crippen molar-refractivity contribution >= 4 is 50.1 Å². The SMILES string of the molecule is Fc1ccc(CC(Cl)c2cc(I)ccc2Br)cc1F. The van der Waals surface area contributed by atoms with Gasteiger partial charge in [0, 0.05) is 8.04 Å². The Balaban J connectivity index is 2.22. The molecule has 2 rings (SSSR count). The maximum absolute atomic E-state index is 13.1. The van der Waals surface area contributed by atoms with E-state index in [0.29, 0.717) is 12.0 Å². The molecule has 0 aliphatic heterocycles. The zero-order valence-corrected chi connectivity index (χ0v) is 14.1.